The fraction of sp³-hybridized carbons (Fsp3) is 0.700. The van der Waals surface area contributed by atoms with Crippen LogP contribution in [0.15, 0.2) is 11.6 Å². The van der Waals surface area contributed by atoms with Crippen molar-refractivity contribution in [3.8, 4) is 0 Å². The van der Waals surface area contributed by atoms with Gasteiger partial charge in [-0.25, -0.2) is 4.98 Å². The molecule has 2 unspecified atom stereocenters. The standard InChI is InChI=1S/C10H15ClN2S/c1-8-6-13(4-2-9(8)11)7-10-12-3-5-14-10/h3,5,8-9H,2,4,6-7H2,1H3. The van der Waals surface area contributed by atoms with Crippen molar-refractivity contribution in [3.05, 3.63) is 16.6 Å². The molecule has 0 aromatic carbocycles. The molecular weight excluding hydrogens is 216 g/mol. The van der Waals surface area contributed by atoms with Gasteiger partial charge in [0.25, 0.3) is 0 Å². The lowest BCUT2D eigenvalue weighted by molar-refractivity contribution is 0.180. The second-order valence-electron chi connectivity index (χ2n) is 3.94. The molecule has 0 bridgehead atoms. The molecular formula is C10H15ClN2S. The topological polar surface area (TPSA) is 16.1 Å². The van der Waals surface area contributed by atoms with Crippen LogP contribution >= 0.6 is 22.9 Å². The summed E-state index contributed by atoms with van der Waals surface area (Å²) in [6.45, 7) is 5.43. The first-order valence-corrected chi connectivity index (χ1v) is 6.32. The molecule has 14 heavy (non-hydrogen) atoms. The molecule has 1 fully saturated rings. The maximum Gasteiger partial charge on any atom is 0.107 e. The van der Waals surface area contributed by atoms with E-state index >= 15 is 0 Å². The Kier molecular flexibility index (Phi) is 3.42. The van der Waals surface area contributed by atoms with Crippen LogP contribution in [-0.2, 0) is 6.54 Å². The Bertz CT molecular complexity index is 276. The molecule has 1 saturated heterocycles. The summed E-state index contributed by atoms with van der Waals surface area (Å²) in [4.78, 5) is 6.75. The first-order chi connectivity index (χ1) is 6.75. The van der Waals surface area contributed by atoms with E-state index in [1.54, 1.807) is 11.3 Å². The summed E-state index contributed by atoms with van der Waals surface area (Å²) in [5, 5.41) is 3.61. The van der Waals surface area contributed by atoms with E-state index in [1.807, 2.05) is 11.6 Å². The highest BCUT2D eigenvalue weighted by atomic mass is 35.5. The van der Waals surface area contributed by atoms with Gasteiger partial charge in [0, 0.05) is 30.0 Å². The third-order valence-electron chi connectivity index (χ3n) is 2.73. The van der Waals surface area contributed by atoms with Gasteiger partial charge in [-0.05, 0) is 12.3 Å². The summed E-state index contributed by atoms with van der Waals surface area (Å²) in [6, 6.07) is 0. The van der Waals surface area contributed by atoms with E-state index in [0.29, 0.717) is 11.3 Å². The minimum atomic E-state index is 0.363. The number of aromatic nitrogens is 1. The van der Waals surface area contributed by atoms with Gasteiger partial charge in [0.1, 0.15) is 5.01 Å². The van der Waals surface area contributed by atoms with Crippen LogP contribution in [0.1, 0.15) is 18.4 Å². The Morgan fingerprint density at radius 3 is 3.21 bits per heavy atom. The second kappa shape index (κ2) is 4.60. The molecule has 2 heterocycles. The maximum atomic E-state index is 6.17. The maximum absolute atomic E-state index is 6.17. The average Bonchev–Trinajstić information content (AvgIpc) is 2.64. The molecule has 0 N–H and O–H groups in total. The SMILES string of the molecule is CC1CN(Cc2nccs2)CCC1Cl. The first kappa shape index (κ1) is 10.4. The normalized spacial score (nSPS) is 29.3. The summed E-state index contributed by atoms with van der Waals surface area (Å²) >= 11 is 7.91. The number of rotatable bonds is 2. The molecule has 2 nitrogen and oxygen atoms in total. The van der Waals surface area contributed by atoms with Crippen LogP contribution in [-0.4, -0.2) is 28.4 Å². The largest absolute Gasteiger partial charge is 0.296 e. The zero-order valence-electron chi connectivity index (χ0n) is 8.32. The number of likely N-dealkylation sites (tertiary alicyclic amines) is 1. The molecule has 0 radical (unpaired) electrons. The van der Waals surface area contributed by atoms with Crippen LogP contribution in [0.4, 0.5) is 0 Å². The van der Waals surface area contributed by atoms with Crippen molar-refractivity contribution in [3.63, 3.8) is 0 Å². The molecule has 2 rings (SSSR count). The highest BCUT2D eigenvalue weighted by molar-refractivity contribution is 7.09. The van der Waals surface area contributed by atoms with Crippen LogP contribution in [0.2, 0.25) is 0 Å². The quantitative estimate of drug-likeness (QED) is 0.727. The Morgan fingerprint density at radius 2 is 2.57 bits per heavy atom. The molecule has 1 aliphatic rings. The summed E-state index contributed by atoms with van der Waals surface area (Å²) in [5.74, 6) is 0.602. The van der Waals surface area contributed by atoms with Crippen molar-refractivity contribution in [2.24, 2.45) is 5.92 Å². The fourth-order valence-corrected chi connectivity index (χ4v) is 2.70. The van der Waals surface area contributed by atoms with Crippen LogP contribution in [0, 0.1) is 5.92 Å². The molecule has 1 aromatic heterocycles. The lowest BCUT2D eigenvalue weighted by Crippen LogP contribution is -2.39. The minimum Gasteiger partial charge on any atom is -0.296 e. The van der Waals surface area contributed by atoms with Crippen LogP contribution in [0.25, 0.3) is 0 Å². The molecule has 78 valence electrons. The zero-order chi connectivity index (χ0) is 9.97. The summed E-state index contributed by atoms with van der Waals surface area (Å²) in [6.07, 6.45) is 2.98. The zero-order valence-corrected chi connectivity index (χ0v) is 9.89. The van der Waals surface area contributed by atoms with E-state index in [-0.39, 0.29) is 0 Å². The predicted octanol–water partition coefficient (Wildman–Crippen LogP) is 2.59. The molecule has 0 amide bonds. The van der Waals surface area contributed by atoms with Gasteiger partial charge < -0.3 is 0 Å². The number of thiazole rings is 1. The Balaban J connectivity index is 1.88. The van der Waals surface area contributed by atoms with Gasteiger partial charge in [0.05, 0.1) is 6.54 Å². The third kappa shape index (κ3) is 2.47. The first-order valence-electron chi connectivity index (χ1n) is 5.00. The number of alkyl halides is 1. The fourth-order valence-electron chi connectivity index (χ4n) is 1.87. The third-order valence-corrected chi connectivity index (χ3v) is 4.14. The van der Waals surface area contributed by atoms with Crippen LogP contribution in [0.3, 0.4) is 0 Å². The van der Waals surface area contributed by atoms with Gasteiger partial charge in [-0.3, -0.25) is 4.90 Å². The van der Waals surface area contributed by atoms with Gasteiger partial charge in [-0.1, -0.05) is 6.92 Å². The number of hydrogen-bond acceptors (Lipinski definition) is 3. The molecule has 0 spiro atoms. The molecule has 0 aliphatic carbocycles. The summed E-state index contributed by atoms with van der Waals surface area (Å²) < 4.78 is 0. The van der Waals surface area contributed by atoms with E-state index < -0.39 is 0 Å². The van der Waals surface area contributed by atoms with Gasteiger partial charge >= 0.3 is 0 Å². The highest BCUT2D eigenvalue weighted by Crippen LogP contribution is 2.23. The number of nitrogens with zero attached hydrogens (tertiary/aromatic N) is 2. The van der Waals surface area contributed by atoms with Gasteiger partial charge in [-0.15, -0.1) is 22.9 Å². The van der Waals surface area contributed by atoms with Crippen molar-refractivity contribution < 1.29 is 0 Å². The van der Waals surface area contributed by atoms with Crippen molar-refractivity contribution in [1.82, 2.24) is 9.88 Å². The van der Waals surface area contributed by atoms with Crippen molar-refractivity contribution >= 4 is 22.9 Å². The van der Waals surface area contributed by atoms with E-state index in [2.05, 4.69) is 16.8 Å². The van der Waals surface area contributed by atoms with E-state index in [0.717, 1.165) is 26.1 Å². The average molecular weight is 231 g/mol. The van der Waals surface area contributed by atoms with E-state index in [9.17, 15) is 0 Å². The van der Waals surface area contributed by atoms with Crippen molar-refractivity contribution in [1.29, 1.82) is 0 Å². The van der Waals surface area contributed by atoms with Crippen LogP contribution in [0.5, 0.6) is 0 Å². The Hall–Kier alpha value is -0.120. The van der Waals surface area contributed by atoms with Crippen LogP contribution < -0.4 is 0 Å². The number of hydrogen-bond donors (Lipinski definition) is 0. The Labute approximate surface area is 93.9 Å². The van der Waals surface area contributed by atoms with Crippen molar-refractivity contribution in [2.75, 3.05) is 13.1 Å². The van der Waals surface area contributed by atoms with E-state index in [1.165, 1.54) is 5.01 Å². The number of halogens is 1. The summed E-state index contributed by atoms with van der Waals surface area (Å²) in [5.41, 5.74) is 0. The highest BCUT2D eigenvalue weighted by Gasteiger charge is 2.24. The monoisotopic (exact) mass is 230 g/mol. The van der Waals surface area contributed by atoms with Gasteiger partial charge in [0.2, 0.25) is 0 Å². The minimum absolute atomic E-state index is 0.363. The van der Waals surface area contributed by atoms with Crippen molar-refractivity contribution in [2.45, 2.75) is 25.3 Å². The Morgan fingerprint density at radius 1 is 1.71 bits per heavy atom. The van der Waals surface area contributed by atoms with Gasteiger partial charge in [-0.2, -0.15) is 0 Å². The molecule has 4 heteroatoms. The second-order valence-corrected chi connectivity index (χ2v) is 5.48. The molecule has 0 saturated carbocycles. The van der Waals surface area contributed by atoms with Gasteiger partial charge in [0.15, 0.2) is 0 Å². The molecule has 1 aliphatic heterocycles. The molecule has 1 aromatic rings. The smallest absolute Gasteiger partial charge is 0.107 e. The lowest BCUT2D eigenvalue weighted by atomic mass is 10.00. The van der Waals surface area contributed by atoms with E-state index in [4.69, 9.17) is 11.6 Å². The number of piperidine rings is 1. The predicted molar refractivity (Wildman–Crippen MR) is 60.8 cm³/mol. The summed E-state index contributed by atoms with van der Waals surface area (Å²) in [7, 11) is 0. The lowest BCUT2D eigenvalue weighted by Gasteiger charge is -2.33. The molecule has 2 atom stereocenters.